The molecule has 0 bridgehead atoms. The Labute approximate surface area is 168 Å². The number of benzene rings is 1. The van der Waals surface area contributed by atoms with Gasteiger partial charge in [0.25, 0.3) is 5.91 Å². The largest absolute Gasteiger partial charge is 0.335 e. The summed E-state index contributed by atoms with van der Waals surface area (Å²) in [4.78, 5) is 33.1. The molecule has 0 unspecified atom stereocenters. The Kier molecular flexibility index (Phi) is 5.50. The monoisotopic (exact) mass is 397 g/mol. The van der Waals surface area contributed by atoms with Crippen LogP contribution in [0.3, 0.4) is 0 Å². The molecule has 0 radical (unpaired) electrons. The van der Waals surface area contributed by atoms with Crippen molar-refractivity contribution in [2.45, 2.75) is 6.17 Å². The summed E-state index contributed by atoms with van der Waals surface area (Å²) in [7, 11) is 1.91. The van der Waals surface area contributed by atoms with E-state index in [4.69, 9.17) is 0 Å². The van der Waals surface area contributed by atoms with E-state index in [1.54, 1.807) is 18.3 Å². The maximum atomic E-state index is 12.4. The van der Waals surface area contributed by atoms with Crippen LogP contribution in [0.2, 0.25) is 0 Å². The van der Waals surface area contributed by atoms with Crippen molar-refractivity contribution in [3.05, 3.63) is 53.7 Å². The van der Waals surface area contributed by atoms with Crippen molar-refractivity contribution in [3.63, 3.8) is 0 Å². The molecule has 4 rings (SSSR count). The average Bonchev–Trinajstić information content (AvgIpc) is 2.72. The van der Waals surface area contributed by atoms with E-state index >= 15 is 0 Å². The standard InChI is InChI=1S/C20H23N5O2S/c1-24-18(23-20(27)16-3-2-8-21-19(16)24)14-4-6-15(7-5-14)22-17(26)13-25-9-11-28-12-10-25/h2-8,18H,9-13H2,1H3,(H,22,26)(H,23,27)/t18-/m0/s1. The van der Waals surface area contributed by atoms with E-state index in [9.17, 15) is 9.59 Å². The predicted molar refractivity (Wildman–Crippen MR) is 112 cm³/mol. The van der Waals surface area contributed by atoms with Crippen molar-refractivity contribution in [2.75, 3.05) is 48.4 Å². The van der Waals surface area contributed by atoms with E-state index in [1.807, 2.05) is 48.0 Å². The number of carbonyl (C=O) groups is 2. The first-order valence-electron chi connectivity index (χ1n) is 9.30. The fourth-order valence-electron chi connectivity index (χ4n) is 3.49. The van der Waals surface area contributed by atoms with Crippen molar-refractivity contribution >= 4 is 35.1 Å². The summed E-state index contributed by atoms with van der Waals surface area (Å²) in [5, 5.41) is 5.96. The van der Waals surface area contributed by atoms with Crippen LogP contribution in [-0.2, 0) is 4.79 Å². The lowest BCUT2D eigenvalue weighted by molar-refractivity contribution is -0.117. The topological polar surface area (TPSA) is 77.6 Å². The molecular weight excluding hydrogens is 374 g/mol. The molecular formula is C20H23N5O2S. The lowest BCUT2D eigenvalue weighted by Gasteiger charge is -2.35. The Morgan fingerprint density at radius 2 is 2.00 bits per heavy atom. The van der Waals surface area contributed by atoms with Crippen LogP contribution in [0.1, 0.15) is 22.1 Å². The number of aromatic nitrogens is 1. The minimum atomic E-state index is -0.300. The normalized spacial score (nSPS) is 19.7. The highest BCUT2D eigenvalue weighted by atomic mass is 32.2. The van der Waals surface area contributed by atoms with E-state index in [2.05, 4.69) is 20.5 Å². The Bertz CT molecular complexity index is 867. The minimum absolute atomic E-state index is 0.000801. The molecule has 28 heavy (non-hydrogen) atoms. The molecule has 1 fully saturated rings. The van der Waals surface area contributed by atoms with Crippen LogP contribution in [-0.4, -0.2) is 59.9 Å². The summed E-state index contributed by atoms with van der Waals surface area (Å²) < 4.78 is 0. The summed E-state index contributed by atoms with van der Waals surface area (Å²) in [6.07, 6.45) is 1.38. The first-order valence-corrected chi connectivity index (χ1v) is 10.5. The van der Waals surface area contributed by atoms with Crippen LogP contribution >= 0.6 is 11.8 Å². The maximum Gasteiger partial charge on any atom is 0.256 e. The molecule has 0 aliphatic carbocycles. The van der Waals surface area contributed by atoms with Gasteiger partial charge in [-0.15, -0.1) is 0 Å². The second-order valence-corrected chi connectivity index (χ2v) is 8.14. The molecule has 0 spiro atoms. The van der Waals surface area contributed by atoms with Gasteiger partial charge in [0.05, 0.1) is 12.1 Å². The van der Waals surface area contributed by atoms with Gasteiger partial charge in [-0.2, -0.15) is 11.8 Å². The Balaban J connectivity index is 1.42. The highest BCUT2D eigenvalue weighted by Crippen LogP contribution is 2.30. The molecule has 146 valence electrons. The second-order valence-electron chi connectivity index (χ2n) is 6.92. The Hall–Kier alpha value is -2.58. The molecule has 1 atom stereocenters. The molecule has 2 aliphatic rings. The predicted octanol–water partition coefficient (Wildman–Crippen LogP) is 1.95. The molecule has 2 N–H and O–H groups in total. The molecule has 1 aromatic carbocycles. The van der Waals surface area contributed by atoms with Gasteiger partial charge in [0.15, 0.2) is 0 Å². The number of amides is 2. The highest BCUT2D eigenvalue weighted by Gasteiger charge is 2.30. The van der Waals surface area contributed by atoms with Crippen LogP contribution < -0.4 is 15.5 Å². The number of pyridine rings is 1. The Morgan fingerprint density at radius 3 is 2.75 bits per heavy atom. The number of nitrogens with zero attached hydrogens (tertiary/aromatic N) is 3. The summed E-state index contributed by atoms with van der Waals surface area (Å²) in [6.45, 7) is 2.34. The number of carbonyl (C=O) groups excluding carboxylic acids is 2. The lowest BCUT2D eigenvalue weighted by Crippen LogP contribution is -2.45. The molecule has 2 amide bonds. The van der Waals surface area contributed by atoms with Gasteiger partial charge < -0.3 is 15.5 Å². The fourth-order valence-corrected chi connectivity index (χ4v) is 4.47. The number of fused-ring (bicyclic) bond motifs is 1. The zero-order chi connectivity index (χ0) is 19.5. The van der Waals surface area contributed by atoms with Crippen LogP contribution in [0.15, 0.2) is 42.6 Å². The smallest absolute Gasteiger partial charge is 0.256 e. The number of thioether (sulfide) groups is 1. The van der Waals surface area contributed by atoms with Crippen molar-refractivity contribution < 1.29 is 9.59 Å². The molecule has 0 saturated carbocycles. The highest BCUT2D eigenvalue weighted by molar-refractivity contribution is 7.99. The van der Waals surface area contributed by atoms with Gasteiger partial charge in [-0.05, 0) is 29.8 Å². The number of anilines is 2. The van der Waals surface area contributed by atoms with E-state index in [-0.39, 0.29) is 18.0 Å². The van der Waals surface area contributed by atoms with Gasteiger partial charge in [-0.1, -0.05) is 12.1 Å². The van der Waals surface area contributed by atoms with Crippen LogP contribution in [0.25, 0.3) is 0 Å². The van der Waals surface area contributed by atoms with Gasteiger partial charge in [-0.3, -0.25) is 14.5 Å². The van der Waals surface area contributed by atoms with E-state index < -0.39 is 0 Å². The number of hydrogen-bond acceptors (Lipinski definition) is 6. The number of rotatable bonds is 4. The maximum absolute atomic E-state index is 12.4. The van der Waals surface area contributed by atoms with Crippen molar-refractivity contribution in [1.82, 2.24) is 15.2 Å². The fraction of sp³-hybridized carbons (Fsp3) is 0.350. The third-order valence-electron chi connectivity index (χ3n) is 5.00. The minimum Gasteiger partial charge on any atom is -0.335 e. The third kappa shape index (κ3) is 3.98. The zero-order valence-corrected chi connectivity index (χ0v) is 16.5. The van der Waals surface area contributed by atoms with Gasteiger partial charge >= 0.3 is 0 Å². The molecule has 7 nitrogen and oxygen atoms in total. The van der Waals surface area contributed by atoms with Crippen molar-refractivity contribution in [3.8, 4) is 0 Å². The third-order valence-corrected chi connectivity index (χ3v) is 5.94. The van der Waals surface area contributed by atoms with Crippen molar-refractivity contribution in [2.24, 2.45) is 0 Å². The van der Waals surface area contributed by atoms with E-state index in [0.29, 0.717) is 17.9 Å². The van der Waals surface area contributed by atoms with E-state index in [0.717, 1.165) is 35.8 Å². The van der Waals surface area contributed by atoms with Gasteiger partial charge in [0.2, 0.25) is 5.91 Å². The summed E-state index contributed by atoms with van der Waals surface area (Å²) in [5.41, 5.74) is 2.25. The first-order chi connectivity index (χ1) is 13.6. The average molecular weight is 398 g/mol. The van der Waals surface area contributed by atoms with Crippen molar-refractivity contribution in [1.29, 1.82) is 0 Å². The van der Waals surface area contributed by atoms with Crippen LogP contribution in [0.5, 0.6) is 0 Å². The molecule has 1 aromatic heterocycles. The zero-order valence-electron chi connectivity index (χ0n) is 15.7. The van der Waals surface area contributed by atoms with Gasteiger partial charge in [-0.25, -0.2) is 4.98 Å². The first kappa shape index (κ1) is 18.8. The van der Waals surface area contributed by atoms with Gasteiger partial charge in [0.1, 0.15) is 12.0 Å². The summed E-state index contributed by atoms with van der Waals surface area (Å²) in [6, 6.07) is 11.1. The summed E-state index contributed by atoms with van der Waals surface area (Å²) >= 11 is 1.93. The van der Waals surface area contributed by atoms with Crippen LogP contribution in [0.4, 0.5) is 11.5 Å². The number of nitrogens with one attached hydrogen (secondary N) is 2. The Morgan fingerprint density at radius 1 is 1.25 bits per heavy atom. The van der Waals surface area contributed by atoms with Crippen LogP contribution in [0, 0.1) is 0 Å². The van der Waals surface area contributed by atoms with E-state index in [1.165, 1.54) is 0 Å². The van der Waals surface area contributed by atoms with Gasteiger partial charge in [0, 0.05) is 43.5 Å². The second kappa shape index (κ2) is 8.20. The molecule has 8 heteroatoms. The summed E-state index contributed by atoms with van der Waals surface area (Å²) in [5.74, 6) is 2.69. The molecule has 2 aromatic rings. The lowest BCUT2D eigenvalue weighted by atomic mass is 10.1. The SMILES string of the molecule is CN1c2ncccc2C(=O)N[C@@H]1c1ccc(NC(=O)CN2CCSCC2)cc1. The molecule has 3 heterocycles. The molecule has 1 saturated heterocycles. The molecule has 2 aliphatic heterocycles. The number of hydrogen-bond donors (Lipinski definition) is 2. The quantitative estimate of drug-likeness (QED) is 0.821.